The molecule has 2 heteroatoms. The van der Waals surface area contributed by atoms with Crippen LogP contribution < -0.4 is 25.5 Å². The fourth-order valence-corrected chi connectivity index (χ4v) is 14.2. The van der Waals surface area contributed by atoms with Crippen LogP contribution >= 0.6 is 0 Å². The van der Waals surface area contributed by atoms with E-state index in [9.17, 15) is 0 Å². The average Bonchev–Trinajstić information content (AvgIpc) is 3.28. The molecule has 0 N–H and O–H groups in total. The molecule has 0 aromatic heterocycles. The topological polar surface area (TPSA) is 9.23 Å². The molecule has 56 heavy (non-hydrogen) atoms. The molecule has 1 heterocycles. The lowest BCUT2D eigenvalue weighted by molar-refractivity contribution is 0.487. The highest BCUT2D eigenvalue weighted by Crippen LogP contribution is 2.51. The van der Waals surface area contributed by atoms with Gasteiger partial charge >= 0.3 is 0 Å². The lowest BCUT2D eigenvalue weighted by atomic mass is 9.83. The molecular formula is C54H36OSi. The minimum atomic E-state index is -2.65. The van der Waals surface area contributed by atoms with Gasteiger partial charge in [0.25, 0.3) is 0 Å². The maximum absolute atomic E-state index is 6.51. The second kappa shape index (κ2) is 13.1. The van der Waals surface area contributed by atoms with E-state index in [-0.39, 0.29) is 0 Å². The second-order valence-electron chi connectivity index (χ2n) is 14.7. The number of benzene rings is 10. The van der Waals surface area contributed by atoms with Gasteiger partial charge in [-0.3, -0.25) is 0 Å². The van der Waals surface area contributed by atoms with E-state index in [0.29, 0.717) is 0 Å². The highest BCUT2D eigenvalue weighted by Gasteiger charge is 2.41. The summed E-state index contributed by atoms with van der Waals surface area (Å²) in [5.74, 6) is 1.81. The quantitative estimate of drug-likeness (QED) is 0.0941. The van der Waals surface area contributed by atoms with Gasteiger partial charge in [0.1, 0.15) is 11.5 Å². The minimum Gasteiger partial charge on any atom is -0.456 e. The largest absolute Gasteiger partial charge is 0.456 e. The molecule has 0 atom stereocenters. The highest BCUT2D eigenvalue weighted by atomic mass is 28.3. The standard InChI is InChI=1S/C54H36OSi/c1-4-17-38(18-5-1)56(39-19-6-2-7-20-39,40-21-8-3-9-22-40)41-33-31-37(32-34-41)52-44-24-10-12-26-46(44)53(47-27-13-11-25-45(47)52)49-35-36-51-54-43(28-16-29-48(49)54)42-23-14-15-30-50(42)55-51/h1-36H. The molecule has 1 nitrogen and oxygen atoms in total. The van der Waals surface area contributed by atoms with E-state index >= 15 is 0 Å². The molecule has 0 fully saturated rings. The Morgan fingerprint density at radius 1 is 0.268 bits per heavy atom. The molecule has 0 bridgehead atoms. The Labute approximate surface area is 327 Å². The van der Waals surface area contributed by atoms with E-state index in [4.69, 9.17) is 4.74 Å². The lowest BCUT2D eigenvalue weighted by Gasteiger charge is -2.34. The Morgan fingerprint density at radius 2 is 0.714 bits per heavy atom. The van der Waals surface area contributed by atoms with Gasteiger partial charge in [0, 0.05) is 10.9 Å². The number of fused-ring (bicyclic) bond motifs is 4. The first-order chi connectivity index (χ1) is 27.8. The molecule has 1 aliphatic heterocycles. The molecule has 10 aromatic carbocycles. The van der Waals surface area contributed by atoms with Crippen LogP contribution in [0.25, 0.3) is 65.7 Å². The van der Waals surface area contributed by atoms with Crippen LogP contribution in [0.4, 0.5) is 0 Å². The summed E-state index contributed by atoms with van der Waals surface area (Å²) in [7, 11) is -2.65. The molecule has 0 saturated carbocycles. The molecule has 0 aliphatic carbocycles. The first-order valence-corrected chi connectivity index (χ1v) is 21.3. The third kappa shape index (κ3) is 4.86. The third-order valence-electron chi connectivity index (χ3n) is 11.8. The summed E-state index contributed by atoms with van der Waals surface area (Å²) < 4.78 is 6.51. The molecule has 0 spiro atoms. The van der Waals surface area contributed by atoms with Gasteiger partial charge in [0.15, 0.2) is 8.07 Å². The predicted octanol–water partition coefficient (Wildman–Crippen LogP) is 11.6. The van der Waals surface area contributed by atoms with Gasteiger partial charge in [0.05, 0.1) is 0 Å². The highest BCUT2D eigenvalue weighted by molar-refractivity contribution is 7.19. The van der Waals surface area contributed by atoms with Crippen LogP contribution in [0, 0.1) is 0 Å². The molecule has 0 radical (unpaired) electrons. The Morgan fingerprint density at radius 3 is 1.29 bits per heavy atom. The number of ether oxygens (including phenoxy) is 1. The molecule has 0 saturated heterocycles. The van der Waals surface area contributed by atoms with E-state index in [1.807, 2.05) is 6.07 Å². The van der Waals surface area contributed by atoms with Crippen molar-refractivity contribution in [2.75, 3.05) is 0 Å². The van der Waals surface area contributed by atoms with Crippen molar-refractivity contribution in [2.24, 2.45) is 0 Å². The Kier molecular flexibility index (Phi) is 7.58. The predicted molar refractivity (Wildman–Crippen MR) is 239 cm³/mol. The van der Waals surface area contributed by atoms with Crippen molar-refractivity contribution in [1.29, 1.82) is 0 Å². The molecule has 11 rings (SSSR count). The van der Waals surface area contributed by atoms with Gasteiger partial charge in [-0.15, -0.1) is 0 Å². The maximum atomic E-state index is 6.51. The van der Waals surface area contributed by atoms with E-state index < -0.39 is 8.07 Å². The van der Waals surface area contributed by atoms with Gasteiger partial charge in [-0.1, -0.05) is 200 Å². The summed E-state index contributed by atoms with van der Waals surface area (Å²) in [5.41, 5.74) is 7.29. The number of para-hydroxylation sites is 1. The van der Waals surface area contributed by atoms with Gasteiger partial charge in [0.2, 0.25) is 0 Å². The Hall–Kier alpha value is -7.00. The number of hydrogen-bond donors (Lipinski definition) is 0. The number of rotatable bonds is 6. The zero-order chi connectivity index (χ0) is 37.1. The van der Waals surface area contributed by atoms with Crippen molar-refractivity contribution < 1.29 is 4.74 Å². The van der Waals surface area contributed by atoms with E-state index in [1.165, 1.54) is 80.9 Å². The van der Waals surface area contributed by atoms with Crippen molar-refractivity contribution in [3.63, 3.8) is 0 Å². The van der Waals surface area contributed by atoms with Crippen molar-refractivity contribution in [3.8, 4) is 44.9 Å². The molecule has 10 aromatic rings. The van der Waals surface area contributed by atoms with Crippen molar-refractivity contribution in [3.05, 3.63) is 218 Å². The normalized spacial score (nSPS) is 12.1. The molecule has 0 amide bonds. The number of hydrogen-bond acceptors (Lipinski definition) is 1. The summed E-state index contributed by atoms with van der Waals surface area (Å²) in [5, 5.41) is 12.8. The van der Waals surface area contributed by atoms with Gasteiger partial charge in [-0.25, -0.2) is 0 Å². The van der Waals surface area contributed by atoms with Crippen LogP contribution in [0.3, 0.4) is 0 Å². The van der Waals surface area contributed by atoms with Crippen LogP contribution in [-0.4, -0.2) is 8.07 Å². The summed E-state index contributed by atoms with van der Waals surface area (Å²) in [6.07, 6.45) is 0. The fraction of sp³-hybridized carbons (Fsp3) is 0. The smallest absolute Gasteiger partial charge is 0.179 e. The molecule has 0 unspecified atom stereocenters. The zero-order valence-electron chi connectivity index (χ0n) is 30.7. The van der Waals surface area contributed by atoms with E-state index in [2.05, 4.69) is 212 Å². The van der Waals surface area contributed by atoms with Crippen LogP contribution in [-0.2, 0) is 0 Å². The van der Waals surface area contributed by atoms with Gasteiger partial charge in [-0.05, 0) is 93.7 Å². The van der Waals surface area contributed by atoms with Crippen molar-refractivity contribution in [2.45, 2.75) is 0 Å². The van der Waals surface area contributed by atoms with Crippen molar-refractivity contribution >= 4 is 61.1 Å². The maximum Gasteiger partial charge on any atom is 0.179 e. The van der Waals surface area contributed by atoms with Crippen LogP contribution in [0.15, 0.2) is 218 Å². The van der Waals surface area contributed by atoms with Crippen LogP contribution in [0.1, 0.15) is 0 Å². The van der Waals surface area contributed by atoms with E-state index in [1.54, 1.807) is 0 Å². The Balaban J connectivity index is 1.14. The first kappa shape index (κ1) is 32.4. The van der Waals surface area contributed by atoms with Crippen LogP contribution in [0.5, 0.6) is 11.5 Å². The first-order valence-electron chi connectivity index (χ1n) is 19.3. The van der Waals surface area contributed by atoms with E-state index in [0.717, 1.165) is 17.1 Å². The molecule has 1 aliphatic rings. The average molecular weight is 729 g/mol. The van der Waals surface area contributed by atoms with Crippen molar-refractivity contribution in [1.82, 2.24) is 0 Å². The summed E-state index contributed by atoms with van der Waals surface area (Å²) in [4.78, 5) is 0. The second-order valence-corrected chi connectivity index (χ2v) is 18.5. The summed E-state index contributed by atoms with van der Waals surface area (Å²) in [6.45, 7) is 0. The monoisotopic (exact) mass is 728 g/mol. The molecular weight excluding hydrogens is 693 g/mol. The summed E-state index contributed by atoms with van der Waals surface area (Å²) in [6, 6.07) is 80.4. The van der Waals surface area contributed by atoms with Crippen LogP contribution in [0.2, 0.25) is 0 Å². The van der Waals surface area contributed by atoms with Gasteiger partial charge < -0.3 is 4.74 Å². The zero-order valence-corrected chi connectivity index (χ0v) is 31.7. The lowest BCUT2D eigenvalue weighted by Crippen LogP contribution is -2.74. The SMILES string of the molecule is c1ccc([Si](c2ccccc2)(c2ccccc2)c2ccc(-c3c4ccccc4c(-c4ccc5c6c(cccc46)-c4ccccc4O5)c4ccccc34)cc2)cc1. The van der Waals surface area contributed by atoms with Gasteiger partial charge in [-0.2, -0.15) is 0 Å². The fourth-order valence-electron chi connectivity index (χ4n) is 9.48. The molecule has 262 valence electrons. The minimum absolute atomic E-state index is 0.905. The Bertz CT molecular complexity index is 2930. The summed E-state index contributed by atoms with van der Waals surface area (Å²) >= 11 is 0. The third-order valence-corrected chi connectivity index (χ3v) is 16.6.